The highest BCUT2D eigenvalue weighted by Gasteiger charge is 2.40. The first-order valence-corrected chi connectivity index (χ1v) is 18.0. The lowest BCUT2D eigenvalue weighted by Crippen LogP contribution is -2.27. The molecule has 0 unspecified atom stereocenters. The zero-order valence-corrected chi connectivity index (χ0v) is 33.8. The summed E-state index contributed by atoms with van der Waals surface area (Å²) in [7, 11) is 2.60. The van der Waals surface area contributed by atoms with Gasteiger partial charge in [-0.1, -0.05) is 23.2 Å². The van der Waals surface area contributed by atoms with Crippen LogP contribution < -0.4 is 30.1 Å². The van der Waals surface area contributed by atoms with E-state index in [2.05, 4.69) is 30.4 Å². The third-order valence-electron chi connectivity index (χ3n) is 8.04. The second-order valence-corrected chi connectivity index (χ2v) is 13.3. The van der Waals surface area contributed by atoms with Crippen LogP contribution in [0.2, 0.25) is 10.0 Å². The van der Waals surface area contributed by atoms with Crippen LogP contribution >= 0.6 is 23.2 Å². The average molecular weight is 934 g/mol. The summed E-state index contributed by atoms with van der Waals surface area (Å²) in [6, 6.07) is 13.3. The number of methoxy groups -OCH3 is 2. The van der Waals surface area contributed by atoms with Gasteiger partial charge in [-0.3, -0.25) is 23.5 Å². The molecule has 18 nitrogen and oxygen atoms in total. The van der Waals surface area contributed by atoms with E-state index in [1.54, 1.807) is 12.1 Å². The Morgan fingerprint density at radius 3 is 1.52 bits per heavy atom. The Morgan fingerprint density at radius 2 is 1.12 bits per heavy atom. The molecule has 0 saturated heterocycles. The molecule has 0 saturated carbocycles. The van der Waals surface area contributed by atoms with Crippen molar-refractivity contribution in [3.63, 3.8) is 0 Å². The fourth-order valence-electron chi connectivity index (χ4n) is 5.30. The number of aliphatic hydroxyl groups is 1. The number of ether oxygens (including phenoxy) is 4. The fraction of sp³-hybridized carbons (Fsp3) is 0.184. The minimum Gasteiger partial charge on any atom is -0.480 e. The summed E-state index contributed by atoms with van der Waals surface area (Å²) in [6.45, 7) is -1.11. The molecule has 0 radical (unpaired) electrons. The van der Waals surface area contributed by atoms with Gasteiger partial charge in [0.2, 0.25) is 23.3 Å². The Bertz CT molecular complexity index is 2940. The first kappa shape index (κ1) is 47.4. The summed E-state index contributed by atoms with van der Waals surface area (Å²) in [6.07, 6.45) is -8.18. The Morgan fingerprint density at radius 1 is 0.688 bits per heavy atom. The molecule has 0 spiro atoms. The van der Waals surface area contributed by atoms with Crippen molar-refractivity contribution >= 4 is 29.5 Å². The summed E-state index contributed by atoms with van der Waals surface area (Å²) in [5.41, 5.74) is -4.88. The van der Waals surface area contributed by atoms with Crippen LogP contribution in [0, 0.1) is 22.7 Å². The number of nitrogens with zero attached hydrogens (tertiary/aromatic N) is 10. The summed E-state index contributed by atoms with van der Waals surface area (Å²) >= 11 is 11.7. The molecule has 0 bridgehead atoms. The number of rotatable bonds is 12. The Kier molecular flexibility index (Phi) is 14.8. The largest absolute Gasteiger partial charge is 0.480 e. The van der Waals surface area contributed by atoms with E-state index in [9.17, 15) is 45.8 Å². The summed E-state index contributed by atoms with van der Waals surface area (Å²) in [4.78, 5) is 43.5. The highest BCUT2D eigenvalue weighted by molar-refractivity contribution is 6.31. The number of benzene rings is 2. The number of carbonyl (C=O) groups is 1. The number of aldehydes is 1. The van der Waals surface area contributed by atoms with E-state index in [4.69, 9.17) is 52.7 Å². The lowest BCUT2D eigenvalue weighted by Gasteiger charge is -2.15. The molecular formula is C38H24Cl2F6N10O8. The molecular weight excluding hydrogens is 909 g/mol. The van der Waals surface area contributed by atoms with Crippen molar-refractivity contribution in [2.45, 2.75) is 32.0 Å². The van der Waals surface area contributed by atoms with Crippen LogP contribution in [0.5, 0.6) is 34.8 Å². The van der Waals surface area contributed by atoms with Crippen LogP contribution in [0.1, 0.15) is 49.8 Å². The van der Waals surface area contributed by atoms with E-state index in [1.165, 1.54) is 38.5 Å². The first-order chi connectivity index (χ1) is 30.3. The summed E-state index contributed by atoms with van der Waals surface area (Å²) in [5, 5.41) is 42.5. The molecule has 330 valence electrons. The monoisotopic (exact) mass is 932 g/mol. The van der Waals surface area contributed by atoms with Crippen molar-refractivity contribution in [3.8, 4) is 46.9 Å². The number of aliphatic hydroxyl groups excluding tert-OH is 1. The minimum absolute atomic E-state index is 0.0141. The van der Waals surface area contributed by atoms with Crippen LogP contribution in [0.3, 0.4) is 0 Å². The van der Waals surface area contributed by atoms with Crippen molar-refractivity contribution in [2.24, 2.45) is 0 Å². The first-order valence-electron chi connectivity index (χ1n) is 17.3. The summed E-state index contributed by atoms with van der Waals surface area (Å²) in [5.74, 6) is -2.72. The van der Waals surface area contributed by atoms with Gasteiger partial charge >= 0.3 is 12.4 Å². The molecule has 64 heavy (non-hydrogen) atoms. The lowest BCUT2D eigenvalue weighted by molar-refractivity contribution is -0.143. The van der Waals surface area contributed by atoms with Gasteiger partial charge in [0.1, 0.15) is 11.5 Å². The van der Waals surface area contributed by atoms with E-state index in [-0.39, 0.29) is 80.0 Å². The van der Waals surface area contributed by atoms with Gasteiger partial charge < -0.3 is 24.1 Å². The van der Waals surface area contributed by atoms with Gasteiger partial charge in [0.25, 0.3) is 11.1 Å². The number of alkyl halides is 6. The number of carbonyl (C=O) groups excluding carboxylic acids is 1. The zero-order chi connectivity index (χ0) is 46.9. The van der Waals surface area contributed by atoms with Gasteiger partial charge in [-0.15, -0.1) is 20.4 Å². The van der Waals surface area contributed by atoms with E-state index >= 15 is 0 Å². The van der Waals surface area contributed by atoms with Crippen molar-refractivity contribution in [3.05, 3.63) is 137 Å². The molecule has 2 aromatic carbocycles. The maximum atomic E-state index is 13.5. The topological polar surface area (TPSA) is 243 Å². The quantitative estimate of drug-likeness (QED) is 0.107. The van der Waals surface area contributed by atoms with Crippen molar-refractivity contribution in [1.29, 1.82) is 10.5 Å². The van der Waals surface area contributed by atoms with Gasteiger partial charge in [0, 0.05) is 15.6 Å². The molecule has 4 aromatic heterocycles. The number of aromatic nitrogens is 8. The van der Waals surface area contributed by atoms with E-state index < -0.39 is 53.0 Å². The van der Waals surface area contributed by atoms with Gasteiger partial charge in [-0.05, 0) is 48.5 Å². The van der Waals surface area contributed by atoms with Crippen molar-refractivity contribution in [1.82, 2.24) is 39.5 Å². The molecule has 0 amide bonds. The Hall–Kier alpha value is -7.67. The molecule has 0 aliphatic carbocycles. The van der Waals surface area contributed by atoms with Crippen molar-refractivity contribution in [2.75, 3.05) is 14.2 Å². The SMILES string of the molecule is COc1nnc(Cn2cnc(C(F)(F)F)c(Oc3cc(Cl)cc(C#N)c3)c2=O)cc1C=O.COc1nnc(Cn2cnc(C(F)(F)F)c(Oc3cc(Cl)cc(C#N)c3)c2=O)cc1CO. The molecule has 0 aliphatic rings. The van der Waals surface area contributed by atoms with Crippen LogP contribution in [-0.4, -0.2) is 65.1 Å². The standard InChI is InChI=1S/C19H13ClF3N5O4.C19H11ClF3N5O4/c2*1-31-17-11(8-29)4-13(26-27-17)7-28-9-25-16(19(21,22)23)15(18(28)30)32-14-3-10(6-24)2-12(20)5-14/h2-5,9,29H,7-8H2,1H3;2-5,8-9H,7H2,1H3. The van der Waals surface area contributed by atoms with Crippen LogP contribution in [0.15, 0.2) is 70.8 Å². The molecule has 0 aliphatic heterocycles. The number of hydrogen-bond donors (Lipinski definition) is 1. The highest BCUT2D eigenvalue weighted by Crippen LogP contribution is 2.37. The van der Waals surface area contributed by atoms with Gasteiger partial charge in [0.15, 0.2) is 17.7 Å². The van der Waals surface area contributed by atoms with Gasteiger partial charge in [-0.2, -0.15) is 36.9 Å². The van der Waals surface area contributed by atoms with E-state index in [0.717, 1.165) is 33.4 Å². The third kappa shape index (κ3) is 11.4. The van der Waals surface area contributed by atoms with E-state index in [1.807, 2.05) is 0 Å². The molecule has 6 aromatic rings. The van der Waals surface area contributed by atoms with E-state index in [0.29, 0.717) is 18.9 Å². The lowest BCUT2D eigenvalue weighted by atomic mass is 10.2. The van der Waals surface area contributed by atoms with Crippen LogP contribution in [0.4, 0.5) is 26.3 Å². The molecule has 1 N–H and O–H groups in total. The average Bonchev–Trinajstić information content (AvgIpc) is 3.25. The maximum absolute atomic E-state index is 13.5. The normalized spacial score (nSPS) is 11.1. The summed E-state index contributed by atoms with van der Waals surface area (Å²) < 4.78 is 103. The predicted octanol–water partition coefficient (Wildman–Crippen LogP) is 6.16. The highest BCUT2D eigenvalue weighted by atomic mass is 35.5. The number of halogens is 8. The van der Waals surface area contributed by atoms with Gasteiger partial charge in [0.05, 0.1) is 86.8 Å². The smallest absolute Gasteiger partial charge is 0.437 e. The Balaban J connectivity index is 0.000000241. The van der Waals surface area contributed by atoms with Crippen molar-refractivity contribution < 1.29 is 55.2 Å². The second kappa shape index (κ2) is 20.0. The molecule has 0 fully saturated rings. The maximum Gasteiger partial charge on any atom is 0.437 e. The van der Waals surface area contributed by atoms with Gasteiger partial charge in [-0.25, -0.2) is 9.97 Å². The third-order valence-corrected chi connectivity index (χ3v) is 8.48. The predicted molar refractivity (Wildman–Crippen MR) is 206 cm³/mol. The molecule has 0 atom stereocenters. The van der Waals surface area contributed by atoms with Crippen LogP contribution in [-0.2, 0) is 32.0 Å². The molecule has 26 heteroatoms. The fourth-order valence-corrected chi connectivity index (χ4v) is 5.75. The molecule has 6 rings (SSSR count). The second-order valence-electron chi connectivity index (χ2n) is 12.4. The van der Waals surface area contributed by atoms with Crippen LogP contribution in [0.25, 0.3) is 0 Å². The molecule has 4 heterocycles. The minimum atomic E-state index is -5.01. The zero-order valence-electron chi connectivity index (χ0n) is 32.3. The Labute approximate surface area is 364 Å². The number of hydrogen-bond acceptors (Lipinski definition) is 16. The number of nitriles is 2.